The highest BCUT2D eigenvalue weighted by Crippen LogP contribution is 2.46. The number of piperidine rings is 1. The lowest BCUT2D eigenvalue weighted by atomic mass is 9.91. The molecular weight excluding hydrogens is 346 g/mol. The van der Waals surface area contributed by atoms with Gasteiger partial charge in [-0.1, -0.05) is 48.5 Å². The molecule has 5 rings (SSSR count). The van der Waals surface area contributed by atoms with Gasteiger partial charge in [-0.05, 0) is 48.6 Å². The van der Waals surface area contributed by atoms with E-state index in [-0.39, 0.29) is 5.92 Å². The minimum atomic E-state index is 0.204. The summed E-state index contributed by atoms with van der Waals surface area (Å²) in [5.74, 6) is 0.580. The van der Waals surface area contributed by atoms with Gasteiger partial charge in [0.25, 0.3) is 0 Å². The summed E-state index contributed by atoms with van der Waals surface area (Å²) in [5, 5.41) is 3.45. The normalized spacial score (nSPS) is 25.4. The summed E-state index contributed by atoms with van der Waals surface area (Å²) in [6.45, 7) is 6.73. The predicted octanol–water partition coefficient (Wildman–Crippen LogP) is 3.29. The van der Waals surface area contributed by atoms with E-state index in [1.165, 1.54) is 22.3 Å². The van der Waals surface area contributed by atoms with E-state index in [4.69, 9.17) is 0 Å². The maximum Gasteiger partial charge on any atom is 0.225 e. The minimum absolute atomic E-state index is 0.204. The summed E-state index contributed by atoms with van der Waals surface area (Å²) in [5.41, 5.74) is 5.56. The number of piperazine rings is 1. The third-order valence-corrected chi connectivity index (χ3v) is 6.76. The molecule has 2 aliphatic heterocycles. The lowest BCUT2D eigenvalue weighted by Crippen LogP contribution is -2.52. The van der Waals surface area contributed by atoms with Crippen LogP contribution in [0.2, 0.25) is 0 Å². The molecule has 2 heterocycles. The number of rotatable bonds is 2. The number of fused-ring (bicyclic) bond motifs is 3. The van der Waals surface area contributed by atoms with Crippen LogP contribution in [-0.4, -0.2) is 54.5 Å². The molecule has 4 heteroatoms. The zero-order chi connectivity index (χ0) is 19.1. The monoisotopic (exact) mass is 375 g/mol. The van der Waals surface area contributed by atoms with E-state index in [1.54, 1.807) is 0 Å². The molecule has 0 aromatic heterocycles. The third kappa shape index (κ3) is 3.05. The smallest absolute Gasteiger partial charge is 0.225 e. The van der Waals surface area contributed by atoms with Crippen molar-refractivity contribution in [2.24, 2.45) is 5.92 Å². The summed E-state index contributed by atoms with van der Waals surface area (Å²) >= 11 is 0. The van der Waals surface area contributed by atoms with Crippen molar-refractivity contribution in [3.8, 4) is 11.1 Å². The van der Waals surface area contributed by atoms with Gasteiger partial charge < -0.3 is 10.2 Å². The highest BCUT2D eigenvalue weighted by atomic mass is 16.2. The zero-order valence-corrected chi connectivity index (χ0v) is 16.6. The van der Waals surface area contributed by atoms with E-state index in [2.05, 4.69) is 70.6 Å². The molecule has 0 radical (unpaired) electrons. The van der Waals surface area contributed by atoms with Crippen molar-refractivity contribution in [2.75, 3.05) is 32.7 Å². The molecule has 2 saturated heterocycles. The minimum Gasteiger partial charge on any atom is -0.340 e. The molecule has 4 nitrogen and oxygen atoms in total. The molecule has 1 amide bonds. The van der Waals surface area contributed by atoms with Crippen LogP contribution in [0.3, 0.4) is 0 Å². The van der Waals surface area contributed by atoms with Crippen molar-refractivity contribution >= 4 is 5.91 Å². The molecule has 2 aromatic carbocycles. The van der Waals surface area contributed by atoms with Crippen LogP contribution in [0.1, 0.15) is 36.9 Å². The van der Waals surface area contributed by atoms with E-state index >= 15 is 0 Å². The second-order valence-electron chi connectivity index (χ2n) is 8.51. The molecule has 3 aliphatic rings. The van der Waals surface area contributed by atoms with Crippen LogP contribution in [0.4, 0.5) is 0 Å². The van der Waals surface area contributed by atoms with Gasteiger partial charge in [0, 0.05) is 38.1 Å². The largest absolute Gasteiger partial charge is 0.340 e. The molecule has 0 unspecified atom stereocenters. The van der Waals surface area contributed by atoms with Crippen molar-refractivity contribution in [3.63, 3.8) is 0 Å². The highest BCUT2D eigenvalue weighted by Gasteiger charge is 2.36. The van der Waals surface area contributed by atoms with E-state index in [0.29, 0.717) is 18.0 Å². The quantitative estimate of drug-likeness (QED) is 0.875. The Labute approximate surface area is 167 Å². The fraction of sp³-hybridized carbons (Fsp3) is 0.458. The summed E-state index contributed by atoms with van der Waals surface area (Å²) in [7, 11) is 0. The Morgan fingerprint density at radius 3 is 2.14 bits per heavy atom. The second-order valence-corrected chi connectivity index (χ2v) is 8.51. The van der Waals surface area contributed by atoms with Gasteiger partial charge in [0.05, 0.1) is 6.04 Å². The molecule has 0 saturated carbocycles. The van der Waals surface area contributed by atoms with Crippen LogP contribution >= 0.6 is 0 Å². The van der Waals surface area contributed by atoms with E-state index in [0.717, 1.165) is 45.6 Å². The molecule has 0 spiro atoms. The summed E-state index contributed by atoms with van der Waals surface area (Å²) < 4.78 is 0. The topological polar surface area (TPSA) is 35.6 Å². The molecule has 1 aliphatic carbocycles. The Morgan fingerprint density at radius 2 is 1.54 bits per heavy atom. The van der Waals surface area contributed by atoms with E-state index in [9.17, 15) is 4.79 Å². The van der Waals surface area contributed by atoms with Crippen LogP contribution in [0.5, 0.6) is 0 Å². The van der Waals surface area contributed by atoms with Crippen LogP contribution in [-0.2, 0) is 4.79 Å². The summed E-state index contributed by atoms with van der Waals surface area (Å²) in [6, 6.07) is 18.4. The standard InChI is InChI=1S/C24H29N3O/c1-17-16-18(10-11-25-17)24(28)27-14-12-26(13-15-27)23-21-8-4-2-6-19(21)20-7-3-5-9-22(20)23/h2-9,17-18,23,25H,10-16H2,1H3/t17-,18-/m0/s1. The zero-order valence-electron chi connectivity index (χ0n) is 16.6. The Balaban J connectivity index is 1.32. The number of hydrogen-bond acceptors (Lipinski definition) is 3. The Hall–Kier alpha value is -2.17. The van der Waals surface area contributed by atoms with Gasteiger partial charge in [0.2, 0.25) is 5.91 Å². The SMILES string of the molecule is C[C@H]1C[C@@H](C(=O)N2CCN(C3c4ccccc4-c4ccccc43)CC2)CCN1. The average molecular weight is 376 g/mol. The van der Waals surface area contributed by atoms with Crippen molar-refractivity contribution < 1.29 is 4.79 Å². The molecule has 0 bridgehead atoms. The molecule has 146 valence electrons. The van der Waals surface area contributed by atoms with Crippen molar-refractivity contribution in [2.45, 2.75) is 31.8 Å². The van der Waals surface area contributed by atoms with Crippen molar-refractivity contribution in [1.29, 1.82) is 0 Å². The maximum absolute atomic E-state index is 13.0. The average Bonchev–Trinajstić information content (AvgIpc) is 3.08. The summed E-state index contributed by atoms with van der Waals surface area (Å²) in [4.78, 5) is 17.7. The molecule has 2 aromatic rings. The molecule has 1 N–H and O–H groups in total. The maximum atomic E-state index is 13.0. The molecular formula is C24H29N3O. The van der Waals surface area contributed by atoms with Crippen molar-refractivity contribution in [3.05, 3.63) is 59.7 Å². The van der Waals surface area contributed by atoms with Crippen LogP contribution in [0.15, 0.2) is 48.5 Å². The lowest BCUT2D eigenvalue weighted by molar-refractivity contribution is -0.138. The molecule has 2 atom stereocenters. The van der Waals surface area contributed by atoms with Gasteiger partial charge in [-0.25, -0.2) is 0 Å². The second kappa shape index (κ2) is 7.34. The van der Waals surface area contributed by atoms with Gasteiger partial charge in [-0.2, -0.15) is 0 Å². The summed E-state index contributed by atoms with van der Waals surface area (Å²) in [6.07, 6.45) is 1.95. The number of nitrogens with zero attached hydrogens (tertiary/aromatic N) is 2. The number of carbonyl (C=O) groups is 1. The number of carbonyl (C=O) groups excluding carboxylic acids is 1. The van der Waals surface area contributed by atoms with Gasteiger partial charge in [0.15, 0.2) is 0 Å². The van der Waals surface area contributed by atoms with E-state index < -0.39 is 0 Å². The van der Waals surface area contributed by atoms with E-state index in [1.807, 2.05) is 0 Å². The first kappa shape index (κ1) is 17.9. The lowest BCUT2D eigenvalue weighted by Gasteiger charge is -2.40. The van der Waals surface area contributed by atoms with Crippen LogP contribution in [0.25, 0.3) is 11.1 Å². The fourth-order valence-corrected chi connectivity index (χ4v) is 5.34. The fourth-order valence-electron chi connectivity index (χ4n) is 5.34. The third-order valence-electron chi connectivity index (χ3n) is 6.76. The number of hydrogen-bond donors (Lipinski definition) is 1. The van der Waals surface area contributed by atoms with Gasteiger partial charge in [0.1, 0.15) is 0 Å². The van der Waals surface area contributed by atoms with Crippen LogP contribution < -0.4 is 5.32 Å². The predicted molar refractivity (Wildman–Crippen MR) is 112 cm³/mol. The number of benzene rings is 2. The number of amides is 1. The van der Waals surface area contributed by atoms with Gasteiger partial charge >= 0.3 is 0 Å². The molecule has 2 fully saturated rings. The van der Waals surface area contributed by atoms with Gasteiger partial charge in [-0.3, -0.25) is 9.69 Å². The first-order chi connectivity index (χ1) is 13.7. The van der Waals surface area contributed by atoms with Gasteiger partial charge in [-0.15, -0.1) is 0 Å². The van der Waals surface area contributed by atoms with Crippen molar-refractivity contribution in [1.82, 2.24) is 15.1 Å². The Kier molecular flexibility index (Phi) is 4.69. The first-order valence-electron chi connectivity index (χ1n) is 10.7. The molecule has 28 heavy (non-hydrogen) atoms. The first-order valence-corrected chi connectivity index (χ1v) is 10.7. The number of nitrogens with one attached hydrogen (secondary N) is 1. The van der Waals surface area contributed by atoms with Crippen LogP contribution in [0, 0.1) is 5.92 Å². The Morgan fingerprint density at radius 1 is 0.929 bits per heavy atom. The highest BCUT2D eigenvalue weighted by molar-refractivity contribution is 5.80. The Bertz CT molecular complexity index is 826.